The fourth-order valence-electron chi connectivity index (χ4n) is 1.90. The highest BCUT2D eigenvalue weighted by molar-refractivity contribution is 5.91. The van der Waals surface area contributed by atoms with Gasteiger partial charge in [0.2, 0.25) is 0 Å². The fourth-order valence-corrected chi connectivity index (χ4v) is 1.90. The van der Waals surface area contributed by atoms with Gasteiger partial charge in [0.25, 0.3) is 0 Å². The van der Waals surface area contributed by atoms with Gasteiger partial charge in [0, 0.05) is 18.6 Å². The Labute approximate surface area is 151 Å². The van der Waals surface area contributed by atoms with Crippen LogP contribution < -0.4 is 0 Å². The Hall–Kier alpha value is -2.96. The van der Waals surface area contributed by atoms with Crippen molar-refractivity contribution in [2.24, 2.45) is 0 Å². The van der Waals surface area contributed by atoms with E-state index in [2.05, 4.69) is 4.74 Å². The summed E-state index contributed by atoms with van der Waals surface area (Å²) in [5.41, 5.74) is 0.771. The first-order chi connectivity index (χ1) is 12.5. The van der Waals surface area contributed by atoms with Gasteiger partial charge in [-0.1, -0.05) is 30.3 Å². The largest absolute Gasteiger partial charge is 0.463 e. The molecule has 7 nitrogen and oxygen atoms in total. The van der Waals surface area contributed by atoms with Crippen molar-refractivity contribution in [2.45, 2.75) is 32.6 Å². The van der Waals surface area contributed by atoms with Crippen molar-refractivity contribution in [3.63, 3.8) is 0 Å². The second-order valence-electron chi connectivity index (χ2n) is 5.22. The molecule has 0 aliphatic heterocycles. The van der Waals surface area contributed by atoms with Crippen LogP contribution in [0.15, 0.2) is 42.5 Å². The Morgan fingerprint density at radius 2 is 1.54 bits per heavy atom. The quantitative estimate of drug-likeness (QED) is 0.207. The van der Waals surface area contributed by atoms with Gasteiger partial charge >= 0.3 is 23.9 Å². The zero-order chi connectivity index (χ0) is 19.2. The SMILES string of the molecule is CCOC(=O)/C=C/C(=O)OCCCCC(=O)OC(=O)Cc1ccccc1. The molecule has 0 aliphatic rings. The summed E-state index contributed by atoms with van der Waals surface area (Å²) in [7, 11) is 0. The van der Waals surface area contributed by atoms with Crippen LogP contribution in [0, 0.1) is 0 Å². The Morgan fingerprint density at radius 3 is 2.19 bits per heavy atom. The predicted molar refractivity (Wildman–Crippen MR) is 91.8 cm³/mol. The molecule has 0 heterocycles. The molecule has 0 aromatic heterocycles. The molecule has 140 valence electrons. The van der Waals surface area contributed by atoms with Gasteiger partial charge in [0.05, 0.1) is 19.6 Å². The highest BCUT2D eigenvalue weighted by Crippen LogP contribution is 2.03. The van der Waals surface area contributed by atoms with Crippen LogP contribution in [-0.4, -0.2) is 37.1 Å². The Balaban J connectivity index is 2.11. The molecule has 26 heavy (non-hydrogen) atoms. The molecule has 1 rings (SSSR count). The maximum atomic E-state index is 11.6. The number of ether oxygens (including phenoxy) is 3. The molecule has 0 amide bonds. The first kappa shape index (κ1) is 21.1. The summed E-state index contributed by atoms with van der Waals surface area (Å²) in [4.78, 5) is 45.5. The van der Waals surface area contributed by atoms with Crippen LogP contribution in [0.1, 0.15) is 31.7 Å². The average Bonchev–Trinajstić information content (AvgIpc) is 2.60. The fraction of sp³-hybridized carbons (Fsp3) is 0.368. The van der Waals surface area contributed by atoms with E-state index in [0.29, 0.717) is 12.8 Å². The molecule has 0 fully saturated rings. The van der Waals surface area contributed by atoms with E-state index in [-0.39, 0.29) is 26.1 Å². The van der Waals surface area contributed by atoms with Gasteiger partial charge in [-0.25, -0.2) is 9.59 Å². The lowest BCUT2D eigenvalue weighted by molar-refractivity contribution is -0.159. The molecule has 0 spiro atoms. The highest BCUT2D eigenvalue weighted by atomic mass is 16.6. The second-order valence-corrected chi connectivity index (χ2v) is 5.22. The zero-order valence-electron chi connectivity index (χ0n) is 14.6. The van der Waals surface area contributed by atoms with Crippen LogP contribution in [0.25, 0.3) is 0 Å². The Bertz CT molecular complexity index is 635. The van der Waals surface area contributed by atoms with Crippen LogP contribution in [-0.2, 0) is 39.8 Å². The lowest BCUT2D eigenvalue weighted by Gasteiger charge is -2.04. The molecule has 7 heteroatoms. The van der Waals surface area contributed by atoms with E-state index in [1.54, 1.807) is 31.2 Å². The van der Waals surface area contributed by atoms with Crippen molar-refractivity contribution in [2.75, 3.05) is 13.2 Å². The number of rotatable bonds is 10. The van der Waals surface area contributed by atoms with Gasteiger partial charge in [-0.2, -0.15) is 0 Å². The molecule has 0 unspecified atom stereocenters. The molecule has 1 aromatic rings. The highest BCUT2D eigenvalue weighted by Gasteiger charge is 2.11. The van der Waals surface area contributed by atoms with E-state index in [1.165, 1.54) is 0 Å². The summed E-state index contributed by atoms with van der Waals surface area (Å²) in [5.74, 6) is -2.50. The van der Waals surface area contributed by atoms with Crippen molar-refractivity contribution in [3.8, 4) is 0 Å². The number of hydrogen-bond acceptors (Lipinski definition) is 7. The van der Waals surface area contributed by atoms with E-state index in [4.69, 9.17) is 9.47 Å². The Morgan fingerprint density at radius 1 is 0.885 bits per heavy atom. The first-order valence-corrected chi connectivity index (χ1v) is 8.30. The first-order valence-electron chi connectivity index (χ1n) is 8.30. The number of benzene rings is 1. The standard InChI is InChI=1S/C19H22O7/c1-2-24-16(20)11-12-17(21)25-13-7-6-10-18(22)26-19(23)14-15-8-4-3-5-9-15/h3-5,8-9,11-12H,2,6-7,10,13-14H2,1H3/b12-11+. The number of unbranched alkanes of at least 4 members (excludes halogenated alkanes) is 1. The molecule has 0 saturated heterocycles. The smallest absolute Gasteiger partial charge is 0.331 e. The van der Waals surface area contributed by atoms with Gasteiger partial charge in [-0.05, 0) is 25.3 Å². The van der Waals surface area contributed by atoms with Gasteiger partial charge in [0.1, 0.15) is 0 Å². The normalized spacial score (nSPS) is 10.3. The van der Waals surface area contributed by atoms with E-state index < -0.39 is 23.9 Å². The molecule has 0 aliphatic carbocycles. The average molecular weight is 362 g/mol. The lowest BCUT2D eigenvalue weighted by atomic mass is 10.1. The van der Waals surface area contributed by atoms with E-state index in [0.717, 1.165) is 17.7 Å². The summed E-state index contributed by atoms with van der Waals surface area (Å²) in [5, 5.41) is 0. The molecular formula is C19H22O7. The topological polar surface area (TPSA) is 96.0 Å². The predicted octanol–water partition coefficient (Wildman–Crippen LogP) is 2.13. The summed E-state index contributed by atoms with van der Waals surface area (Å²) < 4.78 is 14.2. The lowest BCUT2D eigenvalue weighted by Crippen LogP contribution is -2.14. The molecule has 0 radical (unpaired) electrons. The van der Waals surface area contributed by atoms with E-state index in [1.807, 2.05) is 6.07 Å². The number of carbonyl (C=O) groups excluding carboxylic acids is 4. The summed E-state index contributed by atoms with van der Waals surface area (Å²) >= 11 is 0. The van der Waals surface area contributed by atoms with Gasteiger partial charge in [-0.3, -0.25) is 9.59 Å². The molecule has 1 aromatic carbocycles. The number of hydrogen-bond donors (Lipinski definition) is 0. The van der Waals surface area contributed by atoms with E-state index >= 15 is 0 Å². The molecule has 0 N–H and O–H groups in total. The van der Waals surface area contributed by atoms with Crippen molar-refractivity contribution < 1.29 is 33.4 Å². The van der Waals surface area contributed by atoms with Crippen LogP contribution in [0.5, 0.6) is 0 Å². The molecular weight excluding hydrogens is 340 g/mol. The second kappa shape index (κ2) is 12.4. The van der Waals surface area contributed by atoms with Crippen LogP contribution in [0.4, 0.5) is 0 Å². The third-order valence-electron chi connectivity index (χ3n) is 3.08. The number of carbonyl (C=O) groups is 4. The van der Waals surface area contributed by atoms with Crippen LogP contribution >= 0.6 is 0 Å². The van der Waals surface area contributed by atoms with Crippen molar-refractivity contribution in [1.82, 2.24) is 0 Å². The Kier molecular flexibility index (Phi) is 10.1. The van der Waals surface area contributed by atoms with Crippen molar-refractivity contribution in [1.29, 1.82) is 0 Å². The maximum absolute atomic E-state index is 11.6. The minimum absolute atomic E-state index is 0.0387. The minimum atomic E-state index is -0.668. The van der Waals surface area contributed by atoms with E-state index in [9.17, 15) is 19.2 Å². The van der Waals surface area contributed by atoms with Gasteiger partial charge in [-0.15, -0.1) is 0 Å². The molecule has 0 bridgehead atoms. The third-order valence-corrected chi connectivity index (χ3v) is 3.08. The van der Waals surface area contributed by atoms with Crippen molar-refractivity contribution >= 4 is 23.9 Å². The molecule has 0 saturated carbocycles. The zero-order valence-corrected chi connectivity index (χ0v) is 14.6. The summed E-state index contributed by atoms with van der Waals surface area (Å²) in [6.07, 6.45) is 2.90. The van der Waals surface area contributed by atoms with Gasteiger partial charge < -0.3 is 14.2 Å². The van der Waals surface area contributed by atoms with Crippen LogP contribution in [0.2, 0.25) is 0 Å². The molecule has 0 atom stereocenters. The maximum Gasteiger partial charge on any atom is 0.331 e. The van der Waals surface area contributed by atoms with Gasteiger partial charge in [0.15, 0.2) is 0 Å². The van der Waals surface area contributed by atoms with Crippen LogP contribution in [0.3, 0.4) is 0 Å². The number of esters is 4. The summed E-state index contributed by atoms with van der Waals surface area (Å²) in [6, 6.07) is 8.98. The monoisotopic (exact) mass is 362 g/mol. The third kappa shape index (κ3) is 10.0. The van der Waals surface area contributed by atoms with Crippen molar-refractivity contribution in [3.05, 3.63) is 48.0 Å². The minimum Gasteiger partial charge on any atom is -0.463 e. The summed E-state index contributed by atoms with van der Waals surface area (Å²) in [6.45, 7) is 1.98.